The summed E-state index contributed by atoms with van der Waals surface area (Å²) in [7, 11) is 0. The predicted octanol–water partition coefficient (Wildman–Crippen LogP) is 1.53. The van der Waals surface area contributed by atoms with E-state index >= 15 is 0 Å². The normalized spacial score (nSPS) is 24.7. The lowest BCUT2D eigenvalue weighted by atomic mass is 9.75. The van der Waals surface area contributed by atoms with E-state index in [-0.39, 0.29) is 17.7 Å². The zero-order valence-electron chi connectivity index (χ0n) is 17.9. The Hall–Kier alpha value is -2.39. The summed E-state index contributed by atoms with van der Waals surface area (Å²) >= 11 is 1.76. The summed E-state index contributed by atoms with van der Waals surface area (Å²) in [5.41, 5.74) is 0.987. The molecular weight excluding hydrogens is 412 g/mol. The molecule has 2 N–H and O–H groups in total. The molecule has 3 saturated heterocycles. The Labute approximate surface area is 187 Å². The first-order valence-corrected chi connectivity index (χ1v) is 11.9. The highest BCUT2D eigenvalue weighted by Crippen LogP contribution is 2.37. The van der Waals surface area contributed by atoms with Crippen LogP contribution in [0.4, 0.5) is 0 Å². The van der Waals surface area contributed by atoms with Gasteiger partial charge in [0.25, 0.3) is 0 Å². The van der Waals surface area contributed by atoms with E-state index in [1.807, 2.05) is 29.1 Å². The molecule has 4 atom stereocenters. The van der Waals surface area contributed by atoms with E-state index < -0.39 is 0 Å². The van der Waals surface area contributed by atoms with Crippen LogP contribution in [0.5, 0.6) is 0 Å². The minimum absolute atomic E-state index is 0.0379. The Morgan fingerprint density at radius 1 is 1.19 bits per heavy atom. The lowest BCUT2D eigenvalue weighted by molar-refractivity contribution is -0.133. The Bertz CT molecular complexity index is 889. The maximum Gasteiger partial charge on any atom is 0.224 e. The minimum Gasteiger partial charge on any atom is -0.355 e. The van der Waals surface area contributed by atoms with Crippen LogP contribution < -0.4 is 10.6 Å². The fourth-order valence-corrected chi connectivity index (χ4v) is 5.36. The molecule has 1 aromatic carbocycles. The van der Waals surface area contributed by atoms with Gasteiger partial charge in [0, 0.05) is 49.4 Å². The molecule has 0 saturated carbocycles. The van der Waals surface area contributed by atoms with Crippen LogP contribution in [0.2, 0.25) is 0 Å². The van der Waals surface area contributed by atoms with Crippen LogP contribution in [0.25, 0.3) is 0 Å². The van der Waals surface area contributed by atoms with Gasteiger partial charge in [-0.3, -0.25) is 19.2 Å². The van der Waals surface area contributed by atoms with Crippen molar-refractivity contribution in [2.24, 2.45) is 11.8 Å². The molecule has 5 rings (SSSR count). The third kappa shape index (κ3) is 5.86. The summed E-state index contributed by atoms with van der Waals surface area (Å²) in [4.78, 5) is 27.2. The van der Waals surface area contributed by atoms with E-state index in [4.69, 9.17) is 0 Å². The third-order valence-corrected chi connectivity index (χ3v) is 7.17. The van der Waals surface area contributed by atoms with Gasteiger partial charge in [-0.05, 0) is 37.4 Å². The SMILES string of the molecule is CC(=O)NCCNC(=O)[C@H]1CN2CC[C@H]1C[C@@H]2Cn1cc(CSc2ccccc2)nn1. The molecular formula is C22H30N6O2S. The van der Waals surface area contributed by atoms with Gasteiger partial charge in [-0.1, -0.05) is 23.4 Å². The molecule has 0 spiro atoms. The van der Waals surface area contributed by atoms with E-state index in [9.17, 15) is 9.59 Å². The Morgan fingerprint density at radius 3 is 2.74 bits per heavy atom. The van der Waals surface area contributed by atoms with Gasteiger partial charge in [0.1, 0.15) is 0 Å². The average molecular weight is 443 g/mol. The molecule has 0 radical (unpaired) electrons. The summed E-state index contributed by atoms with van der Waals surface area (Å²) in [5.74, 6) is 1.29. The van der Waals surface area contributed by atoms with Gasteiger partial charge in [0.2, 0.25) is 11.8 Å². The largest absolute Gasteiger partial charge is 0.355 e. The smallest absolute Gasteiger partial charge is 0.224 e. The first kappa shape index (κ1) is 21.8. The van der Waals surface area contributed by atoms with E-state index in [2.05, 4.69) is 38.0 Å². The number of benzene rings is 1. The predicted molar refractivity (Wildman–Crippen MR) is 119 cm³/mol. The van der Waals surface area contributed by atoms with Crippen molar-refractivity contribution in [3.05, 3.63) is 42.2 Å². The van der Waals surface area contributed by atoms with Crippen molar-refractivity contribution in [1.29, 1.82) is 0 Å². The Morgan fingerprint density at radius 2 is 2.00 bits per heavy atom. The lowest BCUT2D eigenvalue weighted by Crippen LogP contribution is -2.58. The standard InChI is InChI=1S/C22H30N6O2S/c1-16(29)23-8-9-24-22(30)21-14-27-10-7-17(21)11-19(27)13-28-12-18(25-26-28)15-31-20-5-3-2-4-6-20/h2-6,12,17,19,21H,7-11,13-15H2,1H3,(H,23,29)(H,24,30)/t17-,19+,21-/m0/s1. The number of carbonyl (C=O) groups excluding carboxylic acids is 2. The summed E-state index contributed by atoms with van der Waals surface area (Å²) < 4.78 is 1.95. The van der Waals surface area contributed by atoms with Crippen LogP contribution in [0.3, 0.4) is 0 Å². The molecule has 1 aromatic heterocycles. The maximum atomic E-state index is 12.6. The average Bonchev–Trinajstić information content (AvgIpc) is 3.23. The number of carbonyl (C=O) groups is 2. The molecule has 3 aliphatic rings. The first-order chi connectivity index (χ1) is 15.1. The highest BCUT2D eigenvalue weighted by Gasteiger charge is 2.43. The fourth-order valence-electron chi connectivity index (χ4n) is 4.56. The van der Waals surface area contributed by atoms with Gasteiger partial charge in [0.15, 0.2) is 0 Å². The molecule has 4 heterocycles. The van der Waals surface area contributed by atoms with Crippen molar-refractivity contribution in [3.8, 4) is 0 Å². The Kier molecular flexibility index (Phi) is 7.24. The fraction of sp³-hybridized carbons (Fsp3) is 0.545. The van der Waals surface area contributed by atoms with Crippen LogP contribution >= 0.6 is 11.8 Å². The van der Waals surface area contributed by atoms with Crippen molar-refractivity contribution >= 4 is 23.6 Å². The number of aromatic nitrogens is 3. The maximum absolute atomic E-state index is 12.6. The molecule has 166 valence electrons. The van der Waals surface area contributed by atoms with E-state index in [0.29, 0.717) is 25.0 Å². The van der Waals surface area contributed by atoms with Crippen molar-refractivity contribution in [2.45, 2.75) is 43.0 Å². The number of thioether (sulfide) groups is 1. The zero-order valence-corrected chi connectivity index (χ0v) is 18.7. The van der Waals surface area contributed by atoms with E-state index in [1.54, 1.807) is 11.8 Å². The van der Waals surface area contributed by atoms with Gasteiger partial charge in [-0.15, -0.1) is 16.9 Å². The van der Waals surface area contributed by atoms with E-state index in [1.165, 1.54) is 11.8 Å². The second-order valence-electron chi connectivity index (χ2n) is 8.35. The third-order valence-electron chi connectivity index (χ3n) is 6.13. The minimum atomic E-state index is -0.0742. The highest BCUT2D eigenvalue weighted by molar-refractivity contribution is 7.98. The van der Waals surface area contributed by atoms with Crippen molar-refractivity contribution in [2.75, 3.05) is 26.2 Å². The summed E-state index contributed by atoms with van der Waals surface area (Å²) in [6, 6.07) is 10.7. The Balaban J connectivity index is 1.25. The van der Waals surface area contributed by atoms with Gasteiger partial charge in [-0.25, -0.2) is 0 Å². The molecule has 1 unspecified atom stereocenters. The van der Waals surface area contributed by atoms with Crippen molar-refractivity contribution in [3.63, 3.8) is 0 Å². The van der Waals surface area contributed by atoms with Gasteiger partial charge < -0.3 is 10.6 Å². The highest BCUT2D eigenvalue weighted by atomic mass is 32.2. The number of nitrogens with zero attached hydrogens (tertiary/aromatic N) is 4. The molecule has 0 aliphatic carbocycles. The van der Waals surface area contributed by atoms with Crippen LogP contribution in [0, 0.1) is 11.8 Å². The van der Waals surface area contributed by atoms with E-state index in [0.717, 1.165) is 43.9 Å². The van der Waals surface area contributed by atoms with Crippen LogP contribution in [-0.2, 0) is 21.9 Å². The summed E-state index contributed by atoms with van der Waals surface area (Å²) in [6.07, 6.45) is 4.12. The molecule has 2 amide bonds. The van der Waals surface area contributed by atoms with Crippen LogP contribution in [0.1, 0.15) is 25.5 Å². The topological polar surface area (TPSA) is 92.2 Å². The van der Waals surface area contributed by atoms with Crippen molar-refractivity contribution in [1.82, 2.24) is 30.5 Å². The molecule has 3 fully saturated rings. The number of hydrogen-bond acceptors (Lipinski definition) is 6. The first-order valence-electron chi connectivity index (χ1n) is 10.9. The van der Waals surface area contributed by atoms with Crippen LogP contribution in [0.15, 0.2) is 41.4 Å². The monoisotopic (exact) mass is 442 g/mol. The molecule has 31 heavy (non-hydrogen) atoms. The molecule has 2 aromatic rings. The summed E-state index contributed by atoms with van der Waals surface area (Å²) in [5, 5.41) is 14.4. The number of fused-ring (bicyclic) bond motifs is 3. The number of amides is 2. The number of rotatable bonds is 9. The molecule has 8 nitrogen and oxygen atoms in total. The quantitative estimate of drug-likeness (QED) is 0.452. The van der Waals surface area contributed by atoms with Crippen LogP contribution in [-0.4, -0.2) is 63.9 Å². The second-order valence-corrected chi connectivity index (χ2v) is 9.40. The van der Waals surface area contributed by atoms with Gasteiger partial charge >= 0.3 is 0 Å². The second kappa shape index (κ2) is 10.3. The molecule has 3 aliphatic heterocycles. The molecule has 2 bridgehead atoms. The number of nitrogens with one attached hydrogen (secondary N) is 2. The summed E-state index contributed by atoms with van der Waals surface area (Å²) in [6.45, 7) is 5.09. The van der Waals surface area contributed by atoms with Gasteiger partial charge in [0.05, 0.1) is 18.2 Å². The molecule has 9 heteroatoms. The van der Waals surface area contributed by atoms with Crippen molar-refractivity contribution < 1.29 is 9.59 Å². The number of hydrogen-bond donors (Lipinski definition) is 2. The zero-order chi connectivity index (χ0) is 21.6. The lowest BCUT2D eigenvalue weighted by Gasteiger charge is -2.49. The van der Waals surface area contributed by atoms with Gasteiger partial charge in [-0.2, -0.15) is 0 Å². The number of piperidine rings is 3.